The predicted octanol–water partition coefficient (Wildman–Crippen LogP) is 2.80. The monoisotopic (exact) mass is 452 g/mol. The molecule has 0 aromatic heterocycles. The van der Waals surface area contributed by atoms with Crippen LogP contribution in [0.4, 0.5) is 0 Å². The lowest BCUT2D eigenvalue weighted by molar-refractivity contribution is -0.920. The van der Waals surface area contributed by atoms with Crippen LogP contribution in [0.25, 0.3) is 0 Å². The first-order valence-electron chi connectivity index (χ1n) is 12.3. The Morgan fingerprint density at radius 1 is 0.935 bits per heavy atom. The number of quaternary nitrogens is 1. The summed E-state index contributed by atoms with van der Waals surface area (Å²) in [5.41, 5.74) is 1.34. The summed E-state index contributed by atoms with van der Waals surface area (Å²) in [6, 6.07) is 8.42. The Morgan fingerprint density at radius 2 is 1.55 bits per heavy atom. The first kappa shape index (κ1) is 27.8. The molecule has 4 nitrogen and oxygen atoms in total. The number of hydrogen-bond acceptors (Lipinski definition) is 2. The smallest absolute Gasteiger partial charge is 0.222 e. The molecule has 0 radical (unpaired) electrons. The Balaban J connectivity index is 0.00000480. The number of ether oxygens (including phenoxy) is 1. The Labute approximate surface area is 197 Å². The van der Waals surface area contributed by atoms with Crippen molar-refractivity contribution in [3.8, 4) is 5.75 Å². The molecule has 0 saturated carbocycles. The number of likely N-dealkylation sites (N-methyl/N-ethyl adjacent to an activating group) is 1. The van der Waals surface area contributed by atoms with Crippen molar-refractivity contribution in [2.24, 2.45) is 0 Å². The molecule has 0 aliphatic carbocycles. The highest BCUT2D eigenvalue weighted by atomic mass is 35.5. The minimum atomic E-state index is 0. The SMILES string of the molecule is CCCCCCCCCCCC(=O)N1CCC[N+](C)(Cc2ccc(OC)cc2)CC1.[Cl-]. The molecule has 1 heterocycles. The fourth-order valence-corrected chi connectivity index (χ4v) is 4.55. The maximum absolute atomic E-state index is 12.7. The Morgan fingerprint density at radius 3 is 2.16 bits per heavy atom. The minimum absolute atomic E-state index is 0. The van der Waals surface area contributed by atoms with E-state index in [1.165, 1.54) is 56.9 Å². The molecule has 1 saturated heterocycles. The first-order valence-corrected chi connectivity index (χ1v) is 12.3. The molecule has 178 valence electrons. The van der Waals surface area contributed by atoms with E-state index in [0.717, 1.165) is 62.2 Å². The van der Waals surface area contributed by atoms with Gasteiger partial charge in [0.15, 0.2) is 0 Å². The number of amides is 1. The normalized spacial score (nSPS) is 18.9. The Hall–Kier alpha value is -1.26. The first-order chi connectivity index (χ1) is 14.6. The molecule has 1 aromatic carbocycles. The number of carbonyl (C=O) groups is 1. The van der Waals surface area contributed by atoms with E-state index in [2.05, 4.69) is 31.0 Å². The van der Waals surface area contributed by atoms with Crippen LogP contribution in [-0.4, -0.2) is 55.6 Å². The second kappa shape index (κ2) is 15.5. The average molecular weight is 453 g/mol. The van der Waals surface area contributed by atoms with Gasteiger partial charge in [-0.15, -0.1) is 0 Å². The molecule has 5 heteroatoms. The highest BCUT2D eigenvalue weighted by Gasteiger charge is 2.28. The van der Waals surface area contributed by atoms with E-state index >= 15 is 0 Å². The minimum Gasteiger partial charge on any atom is -1.00 e. The van der Waals surface area contributed by atoms with Gasteiger partial charge in [0.1, 0.15) is 12.3 Å². The summed E-state index contributed by atoms with van der Waals surface area (Å²) >= 11 is 0. The lowest BCUT2D eigenvalue weighted by Gasteiger charge is -2.33. The second-order valence-electron chi connectivity index (χ2n) is 9.39. The Bertz CT molecular complexity index is 608. The van der Waals surface area contributed by atoms with Gasteiger partial charge < -0.3 is 26.5 Å². The fourth-order valence-electron chi connectivity index (χ4n) is 4.55. The van der Waals surface area contributed by atoms with Crippen LogP contribution in [0.3, 0.4) is 0 Å². The van der Waals surface area contributed by atoms with Crippen LogP contribution >= 0.6 is 0 Å². The number of methoxy groups -OCH3 is 1. The summed E-state index contributed by atoms with van der Waals surface area (Å²) in [7, 11) is 4.04. The zero-order valence-corrected chi connectivity index (χ0v) is 21.0. The third-order valence-corrected chi connectivity index (χ3v) is 6.61. The highest BCUT2D eigenvalue weighted by molar-refractivity contribution is 5.76. The number of nitrogens with zero attached hydrogens (tertiary/aromatic N) is 2. The molecular weight excluding hydrogens is 408 g/mol. The zero-order chi connectivity index (χ0) is 21.7. The van der Waals surface area contributed by atoms with E-state index in [-0.39, 0.29) is 12.4 Å². The van der Waals surface area contributed by atoms with Gasteiger partial charge in [0, 0.05) is 24.9 Å². The van der Waals surface area contributed by atoms with Gasteiger partial charge in [0.25, 0.3) is 0 Å². The van der Waals surface area contributed by atoms with E-state index in [1.54, 1.807) is 7.11 Å². The topological polar surface area (TPSA) is 29.5 Å². The van der Waals surface area contributed by atoms with Crippen LogP contribution < -0.4 is 17.1 Å². The summed E-state index contributed by atoms with van der Waals surface area (Å²) in [5, 5.41) is 0. The van der Waals surface area contributed by atoms with Gasteiger partial charge in [-0.2, -0.15) is 0 Å². The summed E-state index contributed by atoms with van der Waals surface area (Å²) < 4.78 is 6.28. The molecule has 0 spiro atoms. The predicted molar refractivity (Wildman–Crippen MR) is 126 cm³/mol. The van der Waals surface area contributed by atoms with Gasteiger partial charge in [0.05, 0.1) is 33.8 Å². The van der Waals surface area contributed by atoms with E-state index in [4.69, 9.17) is 4.74 Å². The number of carbonyl (C=O) groups excluding carboxylic acids is 1. The summed E-state index contributed by atoms with van der Waals surface area (Å²) in [6.07, 6.45) is 13.5. The van der Waals surface area contributed by atoms with E-state index < -0.39 is 0 Å². The van der Waals surface area contributed by atoms with Gasteiger partial charge >= 0.3 is 0 Å². The lowest BCUT2D eigenvalue weighted by atomic mass is 10.1. The molecular formula is C26H45ClN2O2. The van der Waals surface area contributed by atoms with Crippen molar-refractivity contribution in [3.05, 3.63) is 29.8 Å². The van der Waals surface area contributed by atoms with Crippen LogP contribution in [0, 0.1) is 0 Å². The molecule has 1 aliphatic rings. The van der Waals surface area contributed by atoms with Gasteiger partial charge in [-0.3, -0.25) is 4.79 Å². The van der Waals surface area contributed by atoms with Crippen LogP contribution in [0.15, 0.2) is 24.3 Å². The van der Waals surface area contributed by atoms with E-state index in [9.17, 15) is 4.79 Å². The van der Waals surface area contributed by atoms with Crippen LogP contribution in [0.1, 0.15) is 83.1 Å². The maximum Gasteiger partial charge on any atom is 0.222 e. The molecule has 0 N–H and O–H groups in total. The molecule has 1 aliphatic heterocycles. The van der Waals surface area contributed by atoms with Gasteiger partial charge in [-0.25, -0.2) is 0 Å². The third-order valence-electron chi connectivity index (χ3n) is 6.61. The molecule has 0 bridgehead atoms. The van der Waals surface area contributed by atoms with Crippen molar-refractivity contribution in [1.29, 1.82) is 0 Å². The molecule has 31 heavy (non-hydrogen) atoms. The molecule has 1 aromatic rings. The van der Waals surface area contributed by atoms with Crippen molar-refractivity contribution in [2.75, 3.05) is 40.3 Å². The van der Waals surface area contributed by atoms with Crippen molar-refractivity contribution in [3.63, 3.8) is 0 Å². The summed E-state index contributed by atoms with van der Waals surface area (Å²) in [4.78, 5) is 14.8. The average Bonchev–Trinajstić information content (AvgIpc) is 2.94. The second-order valence-corrected chi connectivity index (χ2v) is 9.39. The number of unbranched alkanes of at least 4 members (excludes halogenated alkanes) is 8. The quantitative estimate of drug-likeness (QED) is 0.340. The third kappa shape index (κ3) is 10.7. The molecule has 2 rings (SSSR count). The zero-order valence-electron chi connectivity index (χ0n) is 20.2. The number of hydrogen-bond donors (Lipinski definition) is 0. The summed E-state index contributed by atoms with van der Waals surface area (Å²) in [5.74, 6) is 1.28. The standard InChI is InChI=1S/C26H45N2O2.ClH/c1-4-5-6-7-8-9-10-11-12-14-26(29)27-19-13-21-28(2,22-20-27)23-24-15-17-25(30-3)18-16-24;/h15-18H,4-14,19-23H2,1-3H3;1H/q+1;/p-1. The fraction of sp³-hybridized carbons (Fsp3) is 0.731. The van der Waals surface area contributed by atoms with Gasteiger partial charge in [-0.05, 0) is 30.7 Å². The summed E-state index contributed by atoms with van der Waals surface area (Å²) in [6.45, 7) is 7.27. The van der Waals surface area contributed by atoms with Gasteiger partial charge in [0.2, 0.25) is 5.91 Å². The van der Waals surface area contributed by atoms with Crippen molar-refractivity contribution in [2.45, 2.75) is 84.1 Å². The molecule has 1 atom stereocenters. The lowest BCUT2D eigenvalue weighted by Crippen LogP contribution is -3.00. The van der Waals surface area contributed by atoms with Crippen molar-refractivity contribution < 1.29 is 26.4 Å². The van der Waals surface area contributed by atoms with E-state index in [0.29, 0.717) is 5.91 Å². The van der Waals surface area contributed by atoms with Crippen LogP contribution in [0.2, 0.25) is 0 Å². The maximum atomic E-state index is 12.7. The molecule has 1 amide bonds. The van der Waals surface area contributed by atoms with E-state index in [1.807, 2.05) is 12.1 Å². The van der Waals surface area contributed by atoms with Crippen LogP contribution in [0.5, 0.6) is 5.75 Å². The largest absolute Gasteiger partial charge is 1.00 e. The number of rotatable bonds is 13. The number of benzene rings is 1. The number of halogens is 1. The molecule has 1 fully saturated rings. The highest BCUT2D eigenvalue weighted by Crippen LogP contribution is 2.19. The van der Waals surface area contributed by atoms with Crippen LogP contribution in [-0.2, 0) is 11.3 Å². The Kier molecular flexibility index (Phi) is 13.9. The van der Waals surface area contributed by atoms with Gasteiger partial charge in [-0.1, -0.05) is 58.3 Å². The van der Waals surface area contributed by atoms with Crippen molar-refractivity contribution >= 4 is 5.91 Å². The van der Waals surface area contributed by atoms with Crippen molar-refractivity contribution in [1.82, 2.24) is 4.90 Å². The molecule has 1 unspecified atom stereocenters.